The third-order valence-electron chi connectivity index (χ3n) is 2.23. The van der Waals surface area contributed by atoms with Crippen LogP contribution in [0.3, 0.4) is 0 Å². The van der Waals surface area contributed by atoms with Crippen molar-refractivity contribution in [1.29, 1.82) is 0 Å². The molecule has 1 aromatic rings. The van der Waals surface area contributed by atoms with E-state index >= 15 is 0 Å². The third-order valence-corrected chi connectivity index (χ3v) is 3.23. The summed E-state index contributed by atoms with van der Waals surface area (Å²) in [6.45, 7) is 2.95. The average Bonchev–Trinajstić information content (AvgIpc) is 2.05. The van der Waals surface area contributed by atoms with Crippen molar-refractivity contribution in [1.82, 2.24) is 0 Å². The second-order valence-corrected chi connectivity index (χ2v) is 5.07. The number of hydrogen-bond acceptors (Lipinski definition) is 1. The molecule has 0 heterocycles. The van der Waals surface area contributed by atoms with Crippen LogP contribution in [0.5, 0.6) is 0 Å². The molecule has 0 unspecified atom stereocenters. The van der Waals surface area contributed by atoms with Gasteiger partial charge >= 0.3 is 13.8 Å². The van der Waals surface area contributed by atoms with Gasteiger partial charge in [0.2, 0.25) is 0 Å². The van der Waals surface area contributed by atoms with Gasteiger partial charge in [0.05, 0.1) is 10.9 Å². The van der Waals surface area contributed by atoms with Gasteiger partial charge in [-0.05, 0) is 37.1 Å². The molecule has 0 radical (unpaired) electrons. The van der Waals surface area contributed by atoms with Crippen molar-refractivity contribution in [2.75, 3.05) is 0 Å². The standard InChI is InChI=1S/C9H10F3O3P/c1-5-3-7(9(10,11)12)8(4-6(5)2)16(13,14)15/h3-4H,1-2H3,(H2,13,14,15). The summed E-state index contributed by atoms with van der Waals surface area (Å²) in [6, 6.07) is 1.64. The highest BCUT2D eigenvalue weighted by Gasteiger charge is 2.38. The zero-order valence-corrected chi connectivity index (χ0v) is 9.43. The lowest BCUT2D eigenvalue weighted by molar-refractivity contribution is -0.136. The predicted octanol–water partition coefficient (Wildman–Crippen LogP) is 2.13. The highest BCUT2D eigenvalue weighted by Crippen LogP contribution is 2.40. The molecule has 0 saturated heterocycles. The van der Waals surface area contributed by atoms with Crippen molar-refractivity contribution in [3.8, 4) is 0 Å². The van der Waals surface area contributed by atoms with E-state index in [9.17, 15) is 17.7 Å². The lowest BCUT2D eigenvalue weighted by Crippen LogP contribution is -2.20. The summed E-state index contributed by atoms with van der Waals surface area (Å²) < 4.78 is 48.6. The summed E-state index contributed by atoms with van der Waals surface area (Å²) in [5.41, 5.74) is -0.528. The highest BCUT2D eigenvalue weighted by molar-refractivity contribution is 7.60. The fraction of sp³-hybridized carbons (Fsp3) is 0.333. The predicted molar refractivity (Wildman–Crippen MR) is 52.6 cm³/mol. The van der Waals surface area contributed by atoms with Crippen LogP contribution in [0.4, 0.5) is 13.2 Å². The van der Waals surface area contributed by atoms with E-state index in [0.29, 0.717) is 11.1 Å². The molecule has 0 fully saturated rings. The quantitative estimate of drug-likeness (QED) is 0.755. The minimum atomic E-state index is -4.92. The highest BCUT2D eigenvalue weighted by atomic mass is 31.2. The Morgan fingerprint density at radius 2 is 1.56 bits per heavy atom. The molecule has 7 heteroatoms. The molecule has 0 aliphatic heterocycles. The second kappa shape index (κ2) is 3.87. The summed E-state index contributed by atoms with van der Waals surface area (Å²) >= 11 is 0. The van der Waals surface area contributed by atoms with Crippen LogP contribution in [-0.4, -0.2) is 9.79 Å². The maximum atomic E-state index is 12.5. The van der Waals surface area contributed by atoms with Crippen molar-refractivity contribution in [2.24, 2.45) is 0 Å². The van der Waals surface area contributed by atoms with Gasteiger partial charge < -0.3 is 9.79 Å². The van der Waals surface area contributed by atoms with Crippen molar-refractivity contribution < 1.29 is 27.5 Å². The summed E-state index contributed by atoms with van der Waals surface area (Å²) in [7, 11) is -4.92. The molecule has 0 saturated carbocycles. The molecule has 16 heavy (non-hydrogen) atoms. The molecule has 0 aromatic heterocycles. The zero-order chi connectivity index (χ0) is 12.7. The van der Waals surface area contributed by atoms with Crippen LogP contribution in [0.15, 0.2) is 12.1 Å². The Labute approximate surface area is 90.1 Å². The lowest BCUT2D eigenvalue weighted by Gasteiger charge is -2.16. The lowest BCUT2D eigenvalue weighted by atomic mass is 10.1. The molecule has 3 nitrogen and oxygen atoms in total. The molecule has 1 rings (SSSR count). The fourth-order valence-electron chi connectivity index (χ4n) is 1.27. The van der Waals surface area contributed by atoms with Crippen molar-refractivity contribution >= 4 is 12.9 Å². The summed E-state index contributed by atoms with van der Waals surface area (Å²) in [5.74, 6) is 0. The van der Waals surface area contributed by atoms with Crippen LogP contribution in [0.1, 0.15) is 16.7 Å². The molecule has 0 spiro atoms. The molecule has 0 aliphatic rings. The Balaban J connectivity index is 3.59. The van der Waals surface area contributed by atoms with Crippen LogP contribution in [-0.2, 0) is 10.7 Å². The van der Waals surface area contributed by atoms with Gasteiger partial charge in [-0.1, -0.05) is 0 Å². The van der Waals surface area contributed by atoms with Crippen LogP contribution < -0.4 is 5.30 Å². The minimum absolute atomic E-state index is 0.338. The van der Waals surface area contributed by atoms with Gasteiger partial charge in [0.1, 0.15) is 0 Å². The van der Waals surface area contributed by atoms with Gasteiger partial charge in [0, 0.05) is 0 Å². The first-order chi connectivity index (χ1) is 7.03. The molecule has 2 N–H and O–H groups in total. The van der Waals surface area contributed by atoms with E-state index in [-0.39, 0.29) is 0 Å². The van der Waals surface area contributed by atoms with Gasteiger partial charge in [-0.15, -0.1) is 0 Å². The Kier molecular flexibility index (Phi) is 3.20. The molecule has 0 atom stereocenters. The molecule has 1 aromatic carbocycles. The molecular weight excluding hydrogens is 244 g/mol. The van der Waals surface area contributed by atoms with E-state index in [4.69, 9.17) is 9.79 Å². The number of rotatable bonds is 1. The summed E-state index contributed by atoms with van der Waals surface area (Å²) in [4.78, 5) is 17.7. The molecular formula is C9H10F3O3P. The average molecular weight is 254 g/mol. The summed E-state index contributed by atoms with van der Waals surface area (Å²) in [5, 5.41) is -0.969. The number of hydrogen-bond donors (Lipinski definition) is 2. The normalized spacial score (nSPS) is 12.9. The van der Waals surface area contributed by atoms with Crippen LogP contribution in [0, 0.1) is 13.8 Å². The summed E-state index contributed by atoms with van der Waals surface area (Å²) in [6.07, 6.45) is -4.77. The molecule has 0 bridgehead atoms. The van der Waals surface area contributed by atoms with Gasteiger partial charge in [-0.25, -0.2) is 0 Å². The molecule has 0 aliphatic carbocycles. The van der Waals surface area contributed by atoms with E-state index < -0.39 is 24.6 Å². The van der Waals surface area contributed by atoms with Crippen molar-refractivity contribution in [3.63, 3.8) is 0 Å². The maximum absolute atomic E-state index is 12.5. The van der Waals surface area contributed by atoms with Crippen LogP contribution in [0.2, 0.25) is 0 Å². The molecule has 90 valence electrons. The smallest absolute Gasteiger partial charge is 0.321 e. The Hall–Kier alpha value is -0.840. The van der Waals surface area contributed by atoms with Gasteiger partial charge in [-0.2, -0.15) is 13.2 Å². The maximum Gasteiger partial charge on any atom is 0.417 e. The van der Waals surface area contributed by atoms with Gasteiger partial charge in [0.25, 0.3) is 0 Å². The minimum Gasteiger partial charge on any atom is -0.321 e. The Morgan fingerprint density at radius 1 is 1.12 bits per heavy atom. The molecule has 0 amide bonds. The monoisotopic (exact) mass is 254 g/mol. The first-order valence-corrected chi connectivity index (χ1v) is 5.89. The number of halogens is 3. The van der Waals surface area contributed by atoms with Gasteiger partial charge in [-0.3, -0.25) is 4.57 Å². The van der Waals surface area contributed by atoms with E-state index in [0.717, 1.165) is 12.1 Å². The number of aryl methyl sites for hydroxylation is 2. The van der Waals surface area contributed by atoms with Crippen LogP contribution >= 0.6 is 7.60 Å². The van der Waals surface area contributed by atoms with Crippen molar-refractivity contribution in [3.05, 3.63) is 28.8 Å². The van der Waals surface area contributed by atoms with E-state index in [1.165, 1.54) is 13.8 Å². The number of benzene rings is 1. The Bertz CT molecular complexity index is 462. The van der Waals surface area contributed by atoms with Crippen LogP contribution in [0.25, 0.3) is 0 Å². The first kappa shape index (κ1) is 13.2. The van der Waals surface area contributed by atoms with E-state index in [1.54, 1.807) is 0 Å². The Morgan fingerprint density at radius 3 is 1.94 bits per heavy atom. The SMILES string of the molecule is Cc1cc(C(F)(F)F)c(P(=O)(O)O)cc1C. The third kappa shape index (κ3) is 2.64. The fourth-order valence-corrected chi connectivity index (χ4v) is 2.14. The number of alkyl halides is 3. The zero-order valence-electron chi connectivity index (χ0n) is 8.54. The van der Waals surface area contributed by atoms with E-state index in [2.05, 4.69) is 0 Å². The second-order valence-electron chi connectivity index (χ2n) is 3.50. The van der Waals surface area contributed by atoms with E-state index in [1.807, 2.05) is 0 Å². The topological polar surface area (TPSA) is 57.5 Å². The van der Waals surface area contributed by atoms with Crippen molar-refractivity contribution in [2.45, 2.75) is 20.0 Å². The largest absolute Gasteiger partial charge is 0.417 e. The first-order valence-electron chi connectivity index (χ1n) is 4.28. The van der Waals surface area contributed by atoms with Gasteiger partial charge in [0.15, 0.2) is 0 Å².